The van der Waals surface area contributed by atoms with Crippen molar-refractivity contribution in [3.05, 3.63) is 23.8 Å². The van der Waals surface area contributed by atoms with Crippen molar-refractivity contribution >= 4 is 0 Å². The van der Waals surface area contributed by atoms with Crippen molar-refractivity contribution in [1.82, 2.24) is 0 Å². The minimum atomic E-state index is -1.13. The van der Waals surface area contributed by atoms with E-state index in [1.807, 2.05) is 6.92 Å². The van der Waals surface area contributed by atoms with Gasteiger partial charge in [-0.2, -0.15) is 5.26 Å². The summed E-state index contributed by atoms with van der Waals surface area (Å²) in [5.74, 6) is 1.23. The Kier molecular flexibility index (Phi) is 6.76. The maximum Gasteiger partial charge on any atom is 0.166 e. The average Bonchev–Trinajstić information content (AvgIpc) is 2.44. The van der Waals surface area contributed by atoms with Crippen molar-refractivity contribution in [2.45, 2.75) is 39.2 Å². The van der Waals surface area contributed by atoms with Crippen LogP contribution in [0.15, 0.2) is 18.2 Å². The molecule has 1 unspecified atom stereocenters. The van der Waals surface area contributed by atoms with Crippen LogP contribution in [0.2, 0.25) is 0 Å². The Balaban J connectivity index is 2.77. The third-order valence-corrected chi connectivity index (χ3v) is 2.71. The van der Waals surface area contributed by atoms with Crippen LogP contribution in [0.5, 0.6) is 11.5 Å². The molecule has 1 aromatic rings. The summed E-state index contributed by atoms with van der Waals surface area (Å²) < 4.78 is 11.2. The molecule has 0 saturated carbocycles. The van der Waals surface area contributed by atoms with Gasteiger partial charge in [-0.05, 0) is 31.0 Å². The van der Waals surface area contributed by atoms with Gasteiger partial charge >= 0.3 is 0 Å². The second kappa shape index (κ2) is 8.39. The molecule has 0 spiro atoms. The van der Waals surface area contributed by atoms with Crippen molar-refractivity contribution in [1.29, 1.82) is 5.26 Å². The molecule has 1 atom stereocenters. The third kappa shape index (κ3) is 4.80. The van der Waals surface area contributed by atoms with Gasteiger partial charge < -0.3 is 14.6 Å². The van der Waals surface area contributed by atoms with E-state index in [2.05, 4.69) is 6.92 Å². The molecule has 0 heterocycles. The lowest BCUT2D eigenvalue weighted by atomic mass is 10.1. The molecule has 4 heteroatoms. The molecular weight excluding hydrogens is 242 g/mol. The fraction of sp³-hybridized carbons (Fsp3) is 0.533. The zero-order chi connectivity index (χ0) is 14.1. The topological polar surface area (TPSA) is 62.5 Å². The maximum atomic E-state index is 9.50. The zero-order valence-electron chi connectivity index (χ0n) is 11.6. The molecule has 1 rings (SSSR count). The first-order chi connectivity index (χ1) is 9.22. The summed E-state index contributed by atoms with van der Waals surface area (Å²) in [5, 5.41) is 18.2. The van der Waals surface area contributed by atoms with Crippen molar-refractivity contribution in [3.63, 3.8) is 0 Å². The number of ether oxygens (including phenoxy) is 2. The van der Waals surface area contributed by atoms with Gasteiger partial charge in [0.1, 0.15) is 0 Å². The van der Waals surface area contributed by atoms with Crippen molar-refractivity contribution < 1.29 is 14.6 Å². The predicted octanol–water partition coefficient (Wildman–Crippen LogP) is 3.21. The summed E-state index contributed by atoms with van der Waals surface area (Å²) >= 11 is 0. The van der Waals surface area contributed by atoms with E-state index in [0.29, 0.717) is 30.3 Å². The lowest BCUT2D eigenvalue weighted by molar-refractivity contribution is 0.233. The van der Waals surface area contributed by atoms with E-state index in [4.69, 9.17) is 14.7 Å². The summed E-state index contributed by atoms with van der Waals surface area (Å²) in [6.45, 7) is 5.18. The molecule has 0 fully saturated rings. The van der Waals surface area contributed by atoms with E-state index in [1.54, 1.807) is 24.3 Å². The van der Waals surface area contributed by atoms with E-state index in [9.17, 15) is 5.11 Å². The smallest absolute Gasteiger partial charge is 0.166 e. The number of hydrogen-bond acceptors (Lipinski definition) is 4. The van der Waals surface area contributed by atoms with Crippen molar-refractivity contribution in [2.24, 2.45) is 0 Å². The lowest BCUT2D eigenvalue weighted by Gasteiger charge is -2.13. The molecular formula is C15H21NO3. The van der Waals surface area contributed by atoms with Gasteiger partial charge in [-0.1, -0.05) is 25.8 Å². The molecule has 0 radical (unpaired) electrons. The normalized spacial score (nSPS) is 11.7. The largest absolute Gasteiger partial charge is 0.490 e. The highest BCUT2D eigenvalue weighted by Crippen LogP contribution is 2.30. The fourth-order valence-corrected chi connectivity index (χ4v) is 1.69. The number of rotatable bonds is 8. The van der Waals surface area contributed by atoms with Crippen LogP contribution in [0.3, 0.4) is 0 Å². The first-order valence-electron chi connectivity index (χ1n) is 6.70. The highest BCUT2D eigenvalue weighted by Gasteiger charge is 2.11. The Hall–Kier alpha value is -1.73. The van der Waals surface area contributed by atoms with Crippen LogP contribution in [0.25, 0.3) is 0 Å². The van der Waals surface area contributed by atoms with Gasteiger partial charge in [0.25, 0.3) is 0 Å². The van der Waals surface area contributed by atoms with E-state index < -0.39 is 6.10 Å². The second-order valence-electron chi connectivity index (χ2n) is 4.23. The van der Waals surface area contributed by atoms with Gasteiger partial charge in [0.15, 0.2) is 17.6 Å². The molecule has 0 saturated heterocycles. The average molecular weight is 263 g/mol. The Bertz CT molecular complexity index is 426. The molecule has 0 aliphatic rings. The Morgan fingerprint density at radius 1 is 1.21 bits per heavy atom. The zero-order valence-corrected chi connectivity index (χ0v) is 11.6. The fourth-order valence-electron chi connectivity index (χ4n) is 1.69. The predicted molar refractivity (Wildman–Crippen MR) is 73.2 cm³/mol. The standard InChI is InChI=1S/C15H21NO3/c1-3-5-6-9-19-14-8-7-12(13(17)11-16)10-15(14)18-4-2/h7-8,10,13,17H,3-6,9H2,1-2H3. The SMILES string of the molecule is CCCCCOc1ccc(C(O)C#N)cc1OCC. The number of unbranched alkanes of at least 4 members (excludes halogenated alkanes) is 2. The van der Waals surface area contributed by atoms with Crippen LogP contribution >= 0.6 is 0 Å². The first-order valence-corrected chi connectivity index (χ1v) is 6.70. The summed E-state index contributed by atoms with van der Waals surface area (Å²) in [5.41, 5.74) is 0.520. The molecule has 19 heavy (non-hydrogen) atoms. The van der Waals surface area contributed by atoms with Gasteiger partial charge in [-0.25, -0.2) is 0 Å². The third-order valence-electron chi connectivity index (χ3n) is 2.71. The Labute approximate surface area is 114 Å². The number of benzene rings is 1. The van der Waals surface area contributed by atoms with E-state index >= 15 is 0 Å². The second-order valence-corrected chi connectivity index (χ2v) is 4.23. The van der Waals surface area contributed by atoms with Gasteiger partial charge in [0, 0.05) is 0 Å². The van der Waals surface area contributed by atoms with Crippen LogP contribution in [0.1, 0.15) is 44.8 Å². The molecule has 1 aromatic carbocycles. The highest BCUT2D eigenvalue weighted by atomic mass is 16.5. The van der Waals surface area contributed by atoms with Crippen LogP contribution in [-0.4, -0.2) is 18.3 Å². The first kappa shape index (κ1) is 15.3. The summed E-state index contributed by atoms with van der Waals surface area (Å²) in [4.78, 5) is 0. The molecule has 0 aliphatic heterocycles. The van der Waals surface area contributed by atoms with Crippen molar-refractivity contribution in [2.75, 3.05) is 13.2 Å². The Morgan fingerprint density at radius 3 is 2.63 bits per heavy atom. The molecule has 0 amide bonds. The van der Waals surface area contributed by atoms with Gasteiger partial charge in [-0.15, -0.1) is 0 Å². The molecule has 104 valence electrons. The van der Waals surface area contributed by atoms with Gasteiger partial charge in [0.2, 0.25) is 0 Å². The van der Waals surface area contributed by atoms with Crippen molar-refractivity contribution in [3.8, 4) is 17.6 Å². The minimum Gasteiger partial charge on any atom is -0.490 e. The number of aliphatic hydroxyl groups excluding tert-OH is 1. The lowest BCUT2D eigenvalue weighted by Crippen LogP contribution is -2.02. The van der Waals surface area contributed by atoms with E-state index in [-0.39, 0.29) is 0 Å². The molecule has 0 aromatic heterocycles. The van der Waals surface area contributed by atoms with Gasteiger partial charge in [-0.3, -0.25) is 0 Å². The van der Waals surface area contributed by atoms with E-state index in [1.165, 1.54) is 0 Å². The van der Waals surface area contributed by atoms with Crippen LogP contribution in [-0.2, 0) is 0 Å². The minimum absolute atomic E-state index is 0.511. The molecule has 1 N–H and O–H groups in total. The number of nitriles is 1. The number of nitrogens with zero attached hydrogens (tertiary/aromatic N) is 1. The maximum absolute atomic E-state index is 9.50. The molecule has 0 aliphatic carbocycles. The van der Waals surface area contributed by atoms with Gasteiger partial charge in [0.05, 0.1) is 19.3 Å². The summed E-state index contributed by atoms with van der Waals surface area (Å²) in [6, 6.07) is 6.88. The molecule has 0 bridgehead atoms. The summed E-state index contributed by atoms with van der Waals surface area (Å²) in [7, 11) is 0. The van der Waals surface area contributed by atoms with Crippen LogP contribution in [0, 0.1) is 11.3 Å². The monoisotopic (exact) mass is 263 g/mol. The number of aliphatic hydroxyl groups is 1. The van der Waals surface area contributed by atoms with Crippen LogP contribution in [0.4, 0.5) is 0 Å². The summed E-state index contributed by atoms with van der Waals surface area (Å²) in [6.07, 6.45) is 2.16. The molecule has 4 nitrogen and oxygen atoms in total. The quantitative estimate of drug-likeness (QED) is 0.578. The van der Waals surface area contributed by atoms with E-state index in [0.717, 1.165) is 19.3 Å². The van der Waals surface area contributed by atoms with Crippen LogP contribution < -0.4 is 9.47 Å². The Morgan fingerprint density at radius 2 is 2.00 bits per heavy atom. The number of hydrogen-bond donors (Lipinski definition) is 1. The highest BCUT2D eigenvalue weighted by molar-refractivity contribution is 5.44.